The molecule has 184 valence electrons. The maximum Gasteiger partial charge on any atom is 0.255 e. The highest BCUT2D eigenvalue weighted by Gasteiger charge is 2.41. The average molecular weight is 499 g/mol. The van der Waals surface area contributed by atoms with Crippen molar-refractivity contribution in [2.75, 3.05) is 6.54 Å². The molecule has 0 spiro atoms. The van der Waals surface area contributed by atoms with Gasteiger partial charge in [0.25, 0.3) is 11.8 Å². The van der Waals surface area contributed by atoms with Gasteiger partial charge >= 0.3 is 0 Å². The molecule has 0 radical (unpaired) electrons. The monoisotopic (exact) mass is 498 g/mol. The third-order valence-corrected chi connectivity index (χ3v) is 6.37. The van der Waals surface area contributed by atoms with Crippen LogP contribution >= 0.6 is 11.6 Å². The van der Waals surface area contributed by atoms with Crippen molar-refractivity contribution in [3.63, 3.8) is 0 Å². The summed E-state index contributed by atoms with van der Waals surface area (Å²) in [7, 11) is 0. The van der Waals surface area contributed by atoms with Gasteiger partial charge in [-0.15, -0.1) is 0 Å². The van der Waals surface area contributed by atoms with Crippen LogP contribution in [0.2, 0.25) is 5.02 Å². The Morgan fingerprint density at radius 1 is 1.11 bits per heavy atom. The van der Waals surface area contributed by atoms with Gasteiger partial charge in [0, 0.05) is 24.0 Å². The number of halogens is 1. The second-order valence-electron chi connectivity index (χ2n) is 8.61. The number of aliphatic hydroxyl groups excluding tert-OH is 3. The molecule has 0 bridgehead atoms. The zero-order valence-corrected chi connectivity index (χ0v) is 19.8. The van der Waals surface area contributed by atoms with E-state index in [2.05, 4.69) is 10.4 Å². The van der Waals surface area contributed by atoms with E-state index >= 15 is 0 Å². The standard InChI is InChI=1S/C25H27ClN4O5/c1-15(16-6-8-19(9-7-16)30-11-3-10-27-30)28-24(34)22(32)23(33)25(35)29-14-20(31)13-21(29)17-4-2-5-18(26)12-17/h2-12,15,20-23,31-33H,13-14H2,1H3,(H,28,34)/t15-,20-,21?,22-,23-/m1/s1. The van der Waals surface area contributed by atoms with Crippen LogP contribution in [0.3, 0.4) is 0 Å². The van der Waals surface area contributed by atoms with Crippen LogP contribution in [0, 0.1) is 0 Å². The van der Waals surface area contributed by atoms with Crippen LogP contribution in [-0.2, 0) is 9.59 Å². The summed E-state index contributed by atoms with van der Waals surface area (Å²) in [5, 5.41) is 38.4. The van der Waals surface area contributed by atoms with E-state index < -0.39 is 42.2 Å². The number of aromatic nitrogens is 2. The lowest BCUT2D eigenvalue weighted by molar-refractivity contribution is -0.154. The van der Waals surface area contributed by atoms with E-state index in [1.807, 2.05) is 36.5 Å². The molecule has 35 heavy (non-hydrogen) atoms. The summed E-state index contributed by atoms with van der Waals surface area (Å²) < 4.78 is 1.70. The summed E-state index contributed by atoms with van der Waals surface area (Å²) in [6.07, 6.45) is -1.03. The molecule has 3 aromatic rings. The van der Waals surface area contributed by atoms with Crippen molar-refractivity contribution in [3.05, 3.63) is 83.1 Å². The predicted octanol–water partition coefficient (Wildman–Crippen LogP) is 1.76. The molecule has 10 heteroatoms. The number of likely N-dealkylation sites (tertiary alicyclic amines) is 1. The number of nitrogens with zero attached hydrogens (tertiary/aromatic N) is 3. The molecule has 2 aromatic carbocycles. The Balaban J connectivity index is 1.40. The fraction of sp³-hybridized carbons (Fsp3) is 0.320. The van der Waals surface area contributed by atoms with Gasteiger partial charge in [-0.1, -0.05) is 35.9 Å². The van der Waals surface area contributed by atoms with Gasteiger partial charge in [0.1, 0.15) is 0 Å². The largest absolute Gasteiger partial charge is 0.391 e. The molecule has 1 aliphatic rings. The van der Waals surface area contributed by atoms with Gasteiger partial charge in [0.2, 0.25) is 0 Å². The molecule has 0 aliphatic carbocycles. The van der Waals surface area contributed by atoms with Crippen molar-refractivity contribution < 1.29 is 24.9 Å². The van der Waals surface area contributed by atoms with Crippen LogP contribution in [-0.4, -0.2) is 66.7 Å². The highest BCUT2D eigenvalue weighted by Crippen LogP contribution is 2.34. The highest BCUT2D eigenvalue weighted by molar-refractivity contribution is 6.30. The number of aliphatic hydroxyl groups is 3. The van der Waals surface area contributed by atoms with E-state index in [1.54, 1.807) is 42.1 Å². The van der Waals surface area contributed by atoms with Gasteiger partial charge in [-0.05, 0) is 54.8 Å². The first kappa shape index (κ1) is 24.9. The number of rotatable bonds is 7. The molecule has 5 atom stereocenters. The van der Waals surface area contributed by atoms with Gasteiger partial charge in [0.05, 0.1) is 23.9 Å². The molecule has 1 unspecified atom stereocenters. The Labute approximate surface area is 207 Å². The molecule has 4 rings (SSSR count). The summed E-state index contributed by atoms with van der Waals surface area (Å²) >= 11 is 6.06. The number of amides is 2. The lowest BCUT2D eigenvalue weighted by Gasteiger charge is -2.29. The minimum absolute atomic E-state index is 0.0274. The lowest BCUT2D eigenvalue weighted by Crippen LogP contribution is -2.51. The SMILES string of the molecule is C[C@@H](NC(=O)[C@H](O)[C@@H](O)C(=O)N1C[C@H](O)CC1c1cccc(Cl)c1)c1ccc(-n2cccn2)cc1. The van der Waals surface area contributed by atoms with Crippen molar-refractivity contribution in [2.45, 2.75) is 43.7 Å². The quantitative estimate of drug-likeness (QED) is 0.393. The maximum atomic E-state index is 13.0. The summed E-state index contributed by atoms with van der Waals surface area (Å²) in [6.45, 7) is 1.70. The number of carbonyl (C=O) groups excluding carboxylic acids is 2. The van der Waals surface area contributed by atoms with Crippen LogP contribution in [0.25, 0.3) is 5.69 Å². The number of hydrogen-bond donors (Lipinski definition) is 4. The van der Waals surface area contributed by atoms with E-state index in [0.29, 0.717) is 10.6 Å². The maximum absolute atomic E-state index is 13.0. The molecule has 9 nitrogen and oxygen atoms in total. The van der Waals surface area contributed by atoms with E-state index in [0.717, 1.165) is 11.3 Å². The van der Waals surface area contributed by atoms with Crippen LogP contribution in [0.5, 0.6) is 0 Å². The Morgan fingerprint density at radius 3 is 2.51 bits per heavy atom. The fourth-order valence-electron chi connectivity index (χ4n) is 4.25. The first-order valence-corrected chi connectivity index (χ1v) is 11.6. The van der Waals surface area contributed by atoms with Crippen molar-refractivity contribution >= 4 is 23.4 Å². The molecular formula is C25H27ClN4O5. The predicted molar refractivity (Wildman–Crippen MR) is 129 cm³/mol. The van der Waals surface area contributed by atoms with E-state index in [9.17, 15) is 24.9 Å². The zero-order valence-electron chi connectivity index (χ0n) is 19.0. The summed E-state index contributed by atoms with van der Waals surface area (Å²) in [6, 6.07) is 15.0. The minimum Gasteiger partial charge on any atom is -0.391 e. The first-order chi connectivity index (χ1) is 16.7. The number of hydrogen-bond acceptors (Lipinski definition) is 6. The Kier molecular flexibility index (Phi) is 7.51. The van der Waals surface area contributed by atoms with Gasteiger partial charge < -0.3 is 25.5 Å². The molecule has 0 saturated carbocycles. The first-order valence-electron chi connectivity index (χ1n) is 11.2. The molecule has 2 amide bonds. The Bertz CT molecular complexity index is 1170. The van der Waals surface area contributed by atoms with Gasteiger partial charge in [-0.3, -0.25) is 9.59 Å². The second-order valence-corrected chi connectivity index (χ2v) is 9.05. The van der Waals surface area contributed by atoms with E-state index in [1.165, 1.54) is 4.90 Å². The third-order valence-electron chi connectivity index (χ3n) is 6.14. The molecular weight excluding hydrogens is 472 g/mol. The number of β-amino-alcohol motifs (C(OH)–C–C–N with tert-alkyl or cyclic N) is 1. The molecule has 1 fully saturated rings. The van der Waals surface area contributed by atoms with Crippen LogP contribution < -0.4 is 5.32 Å². The number of benzene rings is 2. The Hall–Kier alpha value is -3.24. The molecule has 1 saturated heterocycles. The van der Waals surface area contributed by atoms with E-state index in [-0.39, 0.29) is 13.0 Å². The summed E-state index contributed by atoms with van der Waals surface area (Å²) in [4.78, 5) is 26.9. The van der Waals surface area contributed by atoms with Crippen molar-refractivity contribution in [1.82, 2.24) is 20.0 Å². The second kappa shape index (κ2) is 10.6. The normalized spacial score (nSPS) is 20.3. The minimum atomic E-state index is -1.99. The Morgan fingerprint density at radius 2 is 1.86 bits per heavy atom. The average Bonchev–Trinajstić information content (AvgIpc) is 3.53. The number of nitrogens with one attached hydrogen (secondary N) is 1. The number of carbonyl (C=O) groups is 2. The van der Waals surface area contributed by atoms with Gasteiger partial charge in [0.15, 0.2) is 12.2 Å². The third kappa shape index (κ3) is 5.54. The topological polar surface area (TPSA) is 128 Å². The lowest BCUT2D eigenvalue weighted by atomic mass is 10.0. The highest BCUT2D eigenvalue weighted by atomic mass is 35.5. The summed E-state index contributed by atoms with van der Waals surface area (Å²) in [5.41, 5.74) is 2.31. The van der Waals surface area contributed by atoms with Crippen LogP contribution in [0.1, 0.15) is 36.6 Å². The van der Waals surface area contributed by atoms with Crippen LogP contribution in [0.4, 0.5) is 0 Å². The van der Waals surface area contributed by atoms with Crippen LogP contribution in [0.15, 0.2) is 67.0 Å². The van der Waals surface area contributed by atoms with E-state index in [4.69, 9.17) is 11.6 Å². The summed E-state index contributed by atoms with van der Waals surface area (Å²) in [5.74, 6) is -1.72. The van der Waals surface area contributed by atoms with Gasteiger partial charge in [-0.2, -0.15) is 5.10 Å². The molecule has 1 aliphatic heterocycles. The molecule has 4 N–H and O–H groups in total. The van der Waals surface area contributed by atoms with Crippen molar-refractivity contribution in [1.29, 1.82) is 0 Å². The molecule has 2 heterocycles. The molecule has 1 aromatic heterocycles. The van der Waals surface area contributed by atoms with Crippen molar-refractivity contribution in [3.8, 4) is 5.69 Å². The zero-order chi connectivity index (χ0) is 25.1. The van der Waals surface area contributed by atoms with Gasteiger partial charge in [-0.25, -0.2) is 4.68 Å². The fourth-order valence-corrected chi connectivity index (χ4v) is 4.45. The smallest absolute Gasteiger partial charge is 0.255 e. The van der Waals surface area contributed by atoms with Crippen molar-refractivity contribution in [2.24, 2.45) is 0 Å².